The van der Waals surface area contributed by atoms with E-state index in [4.69, 9.17) is 9.47 Å². The van der Waals surface area contributed by atoms with Crippen molar-refractivity contribution in [1.29, 1.82) is 0 Å². The average molecular weight is 379 g/mol. The van der Waals surface area contributed by atoms with Crippen LogP contribution in [0.25, 0.3) is 10.4 Å². The average Bonchev–Trinajstić information content (AvgIpc) is 3.15. The Kier molecular flexibility index (Phi) is 4.86. The lowest BCUT2D eigenvalue weighted by molar-refractivity contribution is 0.0991. The van der Waals surface area contributed by atoms with Gasteiger partial charge in [-0.2, -0.15) is 0 Å². The zero-order chi connectivity index (χ0) is 18.8. The predicted octanol–water partition coefficient (Wildman–Crippen LogP) is 5.37. The highest BCUT2D eigenvalue weighted by atomic mass is 32.1. The molecule has 0 fully saturated rings. The molecule has 3 aromatic rings. The molecular formula is C22H21NO3S. The molecule has 0 bridgehead atoms. The number of para-hydroxylation sites is 3. The van der Waals surface area contributed by atoms with Crippen LogP contribution in [0.3, 0.4) is 0 Å². The smallest absolute Gasteiger partial charge is 0.268 e. The molecular weight excluding hydrogens is 358 g/mol. The molecule has 0 unspecified atom stereocenters. The third-order valence-electron chi connectivity index (χ3n) is 4.55. The molecule has 0 spiro atoms. The number of hydrogen-bond donors (Lipinski definition) is 0. The van der Waals surface area contributed by atoms with E-state index in [2.05, 4.69) is 0 Å². The number of anilines is 1. The molecule has 2 aromatic carbocycles. The van der Waals surface area contributed by atoms with E-state index in [9.17, 15) is 4.79 Å². The molecule has 0 radical (unpaired) electrons. The highest BCUT2D eigenvalue weighted by Gasteiger charge is 2.26. The first-order chi connectivity index (χ1) is 13.2. The van der Waals surface area contributed by atoms with Gasteiger partial charge in [-0.25, -0.2) is 0 Å². The quantitative estimate of drug-likeness (QED) is 0.598. The Morgan fingerprint density at radius 1 is 1.15 bits per heavy atom. The topological polar surface area (TPSA) is 38.8 Å². The largest absolute Gasteiger partial charge is 0.492 e. The molecule has 27 heavy (non-hydrogen) atoms. The van der Waals surface area contributed by atoms with Crippen LogP contribution in [0, 0.1) is 0 Å². The Hall–Kier alpha value is -2.79. The lowest BCUT2D eigenvalue weighted by Gasteiger charge is -2.23. The van der Waals surface area contributed by atoms with Crippen LogP contribution in [0.4, 0.5) is 5.69 Å². The fraction of sp³-hybridized carbons (Fsp3) is 0.227. The standard InChI is InChI=1S/C22H21NO3S/c1-3-23(17-10-6-8-12-19(17)25-4-2)22(24)20-13-15-14-26-18-11-7-5-9-16(18)21(15)27-20/h5-13H,3-4,14H2,1-2H3. The van der Waals surface area contributed by atoms with Crippen molar-refractivity contribution in [3.8, 4) is 21.9 Å². The second-order valence-electron chi connectivity index (χ2n) is 6.20. The normalized spacial score (nSPS) is 11.9. The summed E-state index contributed by atoms with van der Waals surface area (Å²) in [4.78, 5) is 16.9. The summed E-state index contributed by atoms with van der Waals surface area (Å²) in [5, 5.41) is 0. The lowest BCUT2D eigenvalue weighted by Crippen LogP contribution is -2.30. The van der Waals surface area contributed by atoms with Crippen LogP contribution >= 0.6 is 11.3 Å². The molecule has 1 amide bonds. The third kappa shape index (κ3) is 3.19. The summed E-state index contributed by atoms with van der Waals surface area (Å²) in [6.45, 7) is 5.55. The number of amides is 1. The fourth-order valence-electron chi connectivity index (χ4n) is 3.32. The molecule has 0 saturated carbocycles. The van der Waals surface area contributed by atoms with Gasteiger partial charge in [-0.05, 0) is 44.2 Å². The maximum absolute atomic E-state index is 13.3. The van der Waals surface area contributed by atoms with Gasteiger partial charge in [-0.3, -0.25) is 4.79 Å². The SMILES string of the molecule is CCOc1ccccc1N(CC)C(=O)c1cc2c(s1)-c1ccccc1OC2. The van der Waals surface area contributed by atoms with Crippen LogP contribution in [0.2, 0.25) is 0 Å². The highest BCUT2D eigenvalue weighted by Crippen LogP contribution is 2.43. The molecule has 0 saturated heterocycles. The van der Waals surface area contributed by atoms with E-state index in [0.29, 0.717) is 24.6 Å². The molecule has 2 heterocycles. The second kappa shape index (κ2) is 7.45. The van der Waals surface area contributed by atoms with Gasteiger partial charge >= 0.3 is 0 Å². The molecule has 1 aromatic heterocycles. The number of benzene rings is 2. The van der Waals surface area contributed by atoms with Crippen molar-refractivity contribution in [2.45, 2.75) is 20.5 Å². The molecule has 0 N–H and O–H groups in total. The molecule has 0 aliphatic carbocycles. The maximum atomic E-state index is 13.3. The zero-order valence-electron chi connectivity index (χ0n) is 15.4. The van der Waals surface area contributed by atoms with Gasteiger partial charge in [0.2, 0.25) is 0 Å². The Morgan fingerprint density at radius 2 is 1.93 bits per heavy atom. The van der Waals surface area contributed by atoms with Crippen LogP contribution in [0.5, 0.6) is 11.5 Å². The Morgan fingerprint density at radius 3 is 2.74 bits per heavy atom. The number of rotatable bonds is 5. The van der Waals surface area contributed by atoms with E-state index < -0.39 is 0 Å². The van der Waals surface area contributed by atoms with Crippen molar-refractivity contribution < 1.29 is 14.3 Å². The Bertz CT molecular complexity index is 979. The Balaban J connectivity index is 1.71. The summed E-state index contributed by atoms with van der Waals surface area (Å²) in [5.74, 6) is 1.59. The number of hydrogen-bond acceptors (Lipinski definition) is 4. The van der Waals surface area contributed by atoms with Crippen molar-refractivity contribution in [1.82, 2.24) is 0 Å². The number of carbonyl (C=O) groups is 1. The van der Waals surface area contributed by atoms with Crippen molar-refractivity contribution in [3.05, 3.63) is 65.0 Å². The van der Waals surface area contributed by atoms with Gasteiger partial charge in [0, 0.05) is 22.5 Å². The van der Waals surface area contributed by atoms with Crippen LogP contribution in [0.15, 0.2) is 54.6 Å². The summed E-state index contributed by atoms with van der Waals surface area (Å²) in [6.07, 6.45) is 0. The second-order valence-corrected chi connectivity index (χ2v) is 7.25. The van der Waals surface area contributed by atoms with Gasteiger partial charge in [-0.1, -0.05) is 24.3 Å². The molecule has 1 aliphatic heterocycles. The molecule has 5 heteroatoms. The molecule has 1 aliphatic rings. The van der Waals surface area contributed by atoms with Crippen LogP contribution in [-0.2, 0) is 6.61 Å². The molecule has 4 rings (SSSR count). The van der Waals surface area contributed by atoms with Gasteiger partial charge in [0.25, 0.3) is 5.91 Å². The first-order valence-electron chi connectivity index (χ1n) is 9.11. The van der Waals surface area contributed by atoms with E-state index in [0.717, 1.165) is 33.2 Å². The lowest BCUT2D eigenvalue weighted by atomic mass is 10.1. The van der Waals surface area contributed by atoms with Crippen molar-refractivity contribution in [3.63, 3.8) is 0 Å². The van der Waals surface area contributed by atoms with E-state index in [-0.39, 0.29) is 5.91 Å². The highest BCUT2D eigenvalue weighted by molar-refractivity contribution is 7.17. The van der Waals surface area contributed by atoms with E-state index in [1.165, 1.54) is 11.3 Å². The monoisotopic (exact) mass is 379 g/mol. The summed E-state index contributed by atoms with van der Waals surface area (Å²) < 4.78 is 11.6. The van der Waals surface area contributed by atoms with Gasteiger partial charge in [0.15, 0.2) is 0 Å². The first kappa shape index (κ1) is 17.6. The minimum atomic E-state index is -0.0125. The third-order valence-corrected chi connectivity index (χ3v) is 5.75. The van der Waals surface area contributed by atoms with Gasteiger partial charge in [0.1, 0.15) is 18.1 Å². The van der Waals surface area contributed by atoms with Crippen LogP contribution in [-0.4, -0.2) is 19.1 Å². The number of ether oxygens (including phenoxy) is 2. The Labute approximate surface area is 163 Å². The maximum Gasteiger partial charge on any atom is 0.268 e. The molecule has 0 atom stereocenters. The minimum absolute atomic E-state index is 0.0125. The number of thiophene rings is 1. The first-order valence-corrected chi connectivity index (χ1v) is 9.93. The predicted molar refractivity (Wildman–Crippen MR) is 109 cm³/mol. The van der Waals surface area contributed by atoms with Crippen LogP contribution in [0.1, 0.15) is 29.1 Å². The van der Waals surface area contributed by atoms with Crippen LogP contribution < -0.4 is 14.4 Å². The fourth-order valence-corrected chi connectivity index (χ4v) is 4.47. The number of carbonyl (C=O) groups excluding carboxylic acids is 1. The van der Waals surface area contributed by atoms with Gasteiger partial charge in [0.05, 0.1) is 17.2 Å². The van der Waals surface area contributed by atoms with E-state index in [1.807, 2.05) is 68.4 Å². The number of fused-ring (bicyclic) bond motifs is 3. The summed E-state index contributed by atoms with van der Waals surface area (Å²) >= 11 is 1.53. The van der Waals surface area contributed by atoms with E-state index in [1.54, 1.807) is 4.90 Å². The summed E-state index contributed by atoms with van der Waals surface area (Å²) in [7, 11) is 0. The van der Waals surface area contributed by atoms with Gasteiger partial charge < -0.3 is 14.4 Å². The van der Waals surface area contributed by atoms with E-state index >= 15 is 0 Å². The van der Waals surface area contributed by atoms with Gasteiger partial charge in [-0.15, -0.1) is 11.3 Å². The van der Waals surface area contributed by atoms with Crippen molar-refractivity contribution in [2.24, 2.45) is 0 Å². The molecule has 4 nitrogen and oxygen atoms in total. The number of nitrogens with zero attached hydrogens (tertiary/aromatic N) is 1. The molecule has 138 valence electrons. The van der Waals surface area contributed by atoms with Crippen molar-refractivity contribution in [2.75, 3.05) is 18.1 Å². The zero-order valence-corrected chi connectivity index (χ0v) is 16.2. The summed E-state index contributed by atoms with van der Waals surface area (Å²) in [5.41, 5.74) is 2.92. The summed E-state index contributed by atoms with van der Waals surface area (Å²) in [6, 6.07) is 17.6. The minimum Gasteiger partial charge on any atom is -0.492 e. The van der Waals surface area contributed by atoms with Crippen molar-refractivity contribution >= 4 is 22.9 Å².